The molecule has 0 N–H and O–H groups in total. The zero-order valence-electron chi connectivity index (χ0n) is 17.9. The largest absolute Gasteiger partial charge is 0.496 e. The van der Waals surface area contributed by atoms with Crippen molar-refractivity contribution in [3.05, 3.63) is 114 Å². The van der Waals surface area contributed by atoms with Crippen molar-refractivity contribution < 1.29 is 4.74 Å². The lowest BCUT2D eigenvalue weighted by Crippen LogP contribution is -2.31. The summed E-state index contributed by atoms with van der Waals surface area (Å²) in [5, 5.41) is 2.52. The van der Waals surface area contributed by atoms with Crippen LogP contribution in [0.4, 0.5) is 0 Å². The first-order valence-corrected chi connectivity index (χ1v) is 10.9. The number of fused-ring (bicyclic) bond motifs is 1. The molecule has 1 fully saturated rings. The fraction of sp³-hybridized carbons (Fsp3) is 0.214. The van der Waals surface area contributed by atoms with Crippen LogP contribution in [0.15, 0.2) is 97.1 Å². The fourth-order valence-corrected chi connectivity index (χ4v) is 4.78. The van der Waals surface area contributed by atoms with Crippen LogP contribution in [0.25, 0.3) is 10.8 Å². The lowest BCUT2D eigenvalue weighted by molar-refractivity contribution is 0.124. The molecule has 156 valence electrons. The monoisotopic (exact) mass is 408 g/mol. The summed E-state index contributed by atoms with van der Waals surface area (Å²) in [5.41, 5.74) is 3.95. The first-order chi connectivity index (χ1) is 15.3. The van der Waals surface area contributed by atoms with E-state index in [0.29, 0.717) is 0 Å². The van der Waals surface area contributed by atoms with Gasteiger partial charge in [-0.25, -0.2) is 0 Å². The molecule has 0 amide bonds. The first kappa shape index (κ1) is 19.8. The predicted molar refractivity (Wildman–Crippen MR) is 127 cm³/mol. The van der Waals surface area contributed by atoms with Crippen LogP contribution < -0.4 is 4.74 Å². The molecule has 0 bridgehead atoms. The van der Waals surface area contributed by atoms with Gasteiger partial charge in [-0.2, -0.15) is 0 Å². The van der Waals surface area contributed by atoms with Crippen molar-refractivity contribution in [2.45, 2.75) is 19.3 Å². The number of hydrogen-bond acceptors (Lipinski definition) is 3. The molecule has 3 heteroatoms. The molecule has 1 heterocycles. The highest BCUT2D eigenvalue weighted by atomic mass is 16.5. The van der Waals surface area contributed by atoms with Gasteiger partial charge in [-0.05, 0) is 28.0 Å². The zero-order valence-corrected chi connectivity index (χ0v) is 17.9. The molecule has 0 atom stereocenters. The van der Waals surface area contributed by atoms with Crippen LogP contribution in [0.1, 0.15) is 22.9 Å². The van der Waals surface area contributed by atoms with Crippen molar-refractivity contribution in [3.8, 4) is 5.75 Å². The molecule has 4 aromatic rings. The highest BCUT2D eigenvalue weighted by Crippen LogP contribution is 2.41. The number of benzene rings is 4. The number of methoxy groups -OCH3 is 1. The van der Waals surface area contributed by atoms with Gasteiger partial charge in [0.25, 0.3) is 0 Å². The van der Waals surface area contributed by atoms with Crippen molar-refractivity contribution in [1.82, 2.24) is 9.80 Å². The number of rotatable bonds is 6. The topological polar surface area (TPSA) is 15.7 Å². The Hall–Kier alpha value is -3.14. The number of hydrogen-bond donors (Lipinski definition) is 0. The lowest BCUT2D eigenvalue weighted by Gasteiger charge is -2.33. The molecule has 31 heavy (non-hydrogen) atoms. The van der Waals surface area contributed by atoms with Crippen molar-refractivity contribution in [2.24, 2.45) is 0 Å². The van der Waals surface area contributed by atoms with E-state index in [4.69, 9.17) is 4.74 Å². The smallest absolute Gasteiger partial charge is 0.125 e. The second-order valence-electron chi connectivity index (χ2n) is 8.19. The van der Waals surface area contributed by atoms with Crippen LogP contribution in [0.2, 0.25) is 0 Å². The third-order valence-corrected chi connectivity index (χ3v) is 6.23. The Morgan fingerprint density at radius 2 is 1.23 bits per heavy atom. The zero-order chi connectivity index (χ0) is 21.0. The standard InChI is InChI=1S/C28H28N2O/c1-31-26-17-16-24-14-8-9-15-25(24)27(26)28-29(20-22-10-4-2-5-11-22)18-19-30(28)21-23-12-6-3-7-13-23/h2-17,28H,18-21H2,1H3. The van der Waals surface area contributed by atoms with Gasteiger partial charge in [0, 0.05) is 31.7 Å². The average Bonchev–Trinajstić information content (AvgIpc) is 3.21. The van der Waals surface area contributed by atoms with Crippen LogP contribution in [-0.4, -0.2) is 30.0 Å². The molecule has 3 nitrogen and oxygen atoms in total. The molecule has 1 aliphatic heterocycles. The second-order valence-corrected chi connectivity index (χ2v) is 8.19. The van der Waals surface area contributed by atoms with E-state index >= 15 is 0 Å². The summed E-state index contributed by atoms with van der Waals surface area (Å²) in [6.07, 6.45) is 0.154. The third-order valence-electron chi connectivity index (χ3n) is 6.23. The summed E-state index contributed by atoms with van der Waals surface area (Å²) in [4.78, 5) is 5.17. The summed E-state index contributed by atoms with van der Waals surface area (Å²) < 4.78 is 5.91. The average molecular weight is 409 g/mol. The van der Waals surface area contributed by atoms with Gasteiger partial charge in [-0.3, -0.25) is 9.80 Å². The summed E-state index contributed by atoms with van der Waals surface area (Å²) in [5.74, 6) is 0.960. The predicted octanol–water partition coefficient (Wildman–Crippen LogP) is 5.87. The van der Waals surface area contributed by atoms with Gasteiger partial charge in [-0.1, -0.05) is 91.0 Å². The summed E-state index contributed by atoms with van der Waals surface area (Å²) >= 11 is 0. The molecule has 0 radical (unpaired) electrons. The van der Waals surface area contributed by atoms with Crippen molar-refractivity contribution in [3.63, 3.8) is 0 Å². The van der Waals surface area contributed by atoms with Gasteiger partial charge in [-0.15, -0.1) is 0 Å². The first-order valence-electron chi connectivity index (χ1n) is 10.9. The molecular weight excluding hydrogens is 380 g/mol. The summed E-state index contributed by atoms with van der Waals surface area (Å²) in [7, 11) is 1.78. The van der Waals surface area contributed by atoms with Crippen LogP contribution >= 0.6 is 0 Å². The Labute approximate surface area is 184 Å². The molecule has 0 saturated carbocycles. The SMILES string of the molecule is COc1ccc2ccccc2c1C1N(Cc2ccccc2)CCN1Cc1ccccc1. The Bertz CT molecular complexity index is 1090. The van der Waals surface area contributed by atoms with E-state index in [0.717, 1.165) is 31.9 Å². The van der Waals surface area contributed by atoms with Gasteiger partial charge >= 0.3 is 0 Å². The minimum absolute atomic E-state index is 0.154. The van der Waals surface area contributed by atoms with Gasteiger partial charge in [0.1, 0.15) is 5.75 Å². The minimum atomic E-state index is 0.154. The van der Waals surface area contributed by atoms with Crippen molar-refractivity contribution >= 4 is 10.8 Å². The van der Waals surface area contributed by atoms with Crippen LogP contribution in [0.5, 0.6) is 5.75 Å². The molecule has 1 aliphatic rings. The van der Waals surface area contributed by atoms with Crippen molar-refractivity contribution in [1.29, 1.82) is 0 Å². The van der Waals surface area contributed by atoms with E-state index in [1.165, 1.54) is 27.5 Å². The molecule has 1 saturated heterocycles. The number of ether oxygens (including phenoxy) is 1. The minimum Gasteiger partial charge on any atom is -0.496 e. The van der Waals surface area contributed by atoms with E-state index in [1.54, 1.807) is 7.11 Å². The maximum Gasteiger partial charge on any atom is 0.125 e. The Morgan fingerprint density at radius 1 is 0.677 bits per heavy atom. The maximum atomic E-state index is 5.91. The lowest BCUT2D eigenvalue weighted by atomic mass is 9.99. The Kier molecular flexibility index (Phi) is 5.70. The second kappa shape index (κ2) is 8.93. The van der Waals surface area contributed by atoms with Crippen LogP contribution in [0, 0.1) is 0 Å². The molecule has 0 spiro atoms. The van der Waals surface area contributed by atoms with E-state index in [2.05, 4.69) is 107 Å². The third kappa shape index (κ3) is 4.07. The normalized spacial score (nSPS) is 15.5. The molecular formula is C28H28N2O. The van der Waals surface area contributed by atoms with Gasteiger partial charge in [0.2, 0.25) is 0 Å². The van der Waals surface area contributed by atoms with Crippen LogP contribution in [-0.2, 0) is 13.1 Å². The van der Waals surface area contributed by atoms with E-state index in [-0.39, 0.29) is 6.17 Å². The number of nitrogens with zero attached hydrogens (tertiary/aromatic N) is 2. The molecule has 0 aliphatic carbocycles. The Balaban J connectivity index is 1.60. The van der Waals surface area contributed by atoms with Gasteiger partial charge < -0.3 is 4.74 Å². The highest BCUT2D eigenvalue weighted by molar-refractivity contribution is 5.88. The van der Waals surface area contributed by atoms with Crippen LogP contribution in [0.3, 0.4) is 0 Å². The highest BCUT2D eigenvalue weighted by Gasteiger charge is 2.36. The van der Waals surface area contributed by atoms with E-state index in [1.807, 2.05) is 0 Å². The molecule has 5 rings (SSSR count). The Morgan fingerprint density at radius 3 is 1.81 bits per heavy atom. The van der Waals surface area contributed by atoms with Crippen molar-refractivity contribution in [2.75, 3.05) is 20.2 Å². The van der Waals surface area contributed by atoms with Gasteiger partial charge in [0.15, 0.2) is 0 Å². The molecule has 0 unspecified atom stereocenters. The molecule has 4 aromatic carbocycles. The van der Waals surface area contributed by atoms with Gasteiger partial charge in [0.05, 0.1) is 13.3 Å². The quantitative estimate of drug-likeness (QED) is 0.397. The van der Waals surface area contributed by atoms with E-state index in [9.17, 15) is 0 Å². The molecule has 0 aromatic heterocycles. The fourth-order valence-electron chi connectivity index (χ4n) is 4.78. The summed E-state index contributed by atoms with van der Waals surface area (Å²) in [6, 6.07) is 34.5. The van der Waals surface area contributed by atoms with E-state index < -0.39 is 0 Å². The summed E-state index contributed by atoms with van der Waals surface area (Å²) in [6.45, 7) is 3.89. The maximum absolute atomic E-state index is 5.91.